The van der Waals surface area contributed by atoms with Crippen molar-refractivity contribution in [2.45, 2.75) is 0 Å². The molecule has 0 aliphatic rings. The van der Waals surface area contributed by atoms with Gasteiger partial charge in [0, 0.05) is 12.3 Å². The molecule has 0 atom stereocenters. The zero-order valence-corrected chi connectivity index (χ0v) is 9.83. The molecule has 6 nitrogen and oxygen atoms in total. The van der Waals surface area contributed by atoms with E-state index < -0.39 is 0 Å². The Morgan fingerprint density at radius 1 is 1.59 bits per heavy atom. The Kier molecular flexibility index (Phi) is 3.67. The summed E-state index contributed by atoms with van der Waals surface area (Å²) in [5.41, 5.74) is 0.160. The van der Waals surface area contributed by atoms with E-state index in [2.05, 4.69) is 26.5 Å². The lowest BCUT2D eigenvalue weighted by atomic mass is 10.5. The Morgan fingerprint density at radius 2 is 2.47 bits per heavy atom. The maximum Gasteiger partial charge on any atom is 0.364 e. The van der Waals surface area contributed by atoms with Crippen LogP contribution in [-0.2, 0) is 0 Å². The molecule has 2 aromatic rings. The van der Waals surface area contributed by atoms with E-state index >= 15 is 0 Å². The molecular formula is C10H11N5OS. The smallest absolute Gasteiger partial charge is 0.364 e. The van der Waals surface area contributed by atoms with Gasteiger partial charge in [0.2, 0.25) is 0 Å². The van der Waals surface area contributed by atoms with Crippen LogP contribution in [0.3, 0.4) is 0 Å². The number of aromatic nitrogens is 4. The summed E-state index contributed by atoms with van der Waals surface area (Å²) in [7, 11) is 0. The lowest BCUT2D eigenvalue weighted by Crippen LogP contribution is -2.14. The highest BCUT2D eigenvalue weighted by atomic mass is 32.2. The fourth-order valence-electron chi connectivity index (χ4n) is 1.28. The van der Waals surface area contributed by atoms with Crippen molar-refractivity contribution in [2.24, 2.45) is 0 Å². The van der Waals surface area contributed by atoms with Gasteiger partial charge in [0.15, 0.2) is 5.65 Å². The fourth-order valence-corrected chi connectivity index (χ4v) is 1.79. The summed E-state index contributed by atoms with van der Waals surface area (Å²) in [6.07, 6.45) is 5.14. The first-order chi connectivity index (χ1) is 8.31. The zero-order chi connectivity index (χ0) is 12.1. The van der Waals surface area contributed by atoms with Gasteiger partial charge in [-0.3, -0.25) is 0 Å². The number of thioether (sulfide) groups is 1. The lowest BCUT2D eigenvalue weighted by Gasteiger charge is -2.03. The Labute approximate surface area is 102 Å². The van der Waals surface area contributed by atoms with Crippen molar-refractivity contribution in [3.63, 3.8) is 0 Å². The Hall–Kier alpha value is -1.94. The molecule has 2 aromatic heterocycles. The summed E-state index contributed by atoms with van der Waals surface area (Å²) < 4.78 is 1.22. The molecule has 0 aliphatic carbocycles. The molecule has 0 unspecified atom stereocenters. The minimum atomic E-state index is -0.342. The third kappa shape index (κ3) is 2.79. The molecule has 7 heteroatoms. The minimum Gasteiger partial charge on any atom is -0.368 e. The molecule has 0 aliphatic heterocycles. The number of nitrogens with one attached hydrogen (secondary N) is 2. The molecule has 0 aromatic carbocycles. The maximum atomic E-state index is 11.3. The van der Waals surface area contributed by atoms with E-state index in [-0.39, 0.29) is 5.69 Å². The SMILES string of the molecule is C#CCSCCNc1ccc2n[nH]c(=O)n2n1. The monoisotopic (exact) mass is 249 g/mol. The van der Waals surface area contributed by atoms with Crippen molar-refractivity contribution in [3.8, 4) is 12.3 Å². The van der Waals surface area contributed by atoms with Crippen LogP contribution in [-0.4, -0.2) is 37.9 Å². The van der Waals surface area contributed by atoms with E-state index in [1.54, 1.807) is 23.9 Å². The summed E-state index contributed by atoms with van der Waals surface area (Å²) in [6, 6.07) is 3.50. The molecule has 0 radical (unpaired) electrons. The van der Waals surface area contributed by atoms with Crippen LogP contribution in [0.2, 0.25) is 0 Å². The molecule has 0 bridgehead atoms. The normalized spacial score (nSPS) is 10.3. The van der Waals surface area contributed by atoms with Crippen LogP contribution >= 0.6 is 11.8 Å². The first kappa shape index (κ1) is 11.5. The van der Waals surface area contributed by atoms with E-state index in [1.807, 2.05) is 0 Å². The van der Waals surface area contributed by atoms with Gasteiger partial charge in [-0.05, 0) is 12.1 Å². The van der Waals surface area contributed by atoms with Gasteiger partial charge in [-0.15, -0.1) is 23.3 Å². The Morgan fingerprint density at radius 3 is 3.29 bits per heavy atom. The first-order valence-electron chi connectivity index (χ1n) is 5.01. The lowest BCUT2D eigenvalue weighted by molar-refractivity contribution is 0.878. The number of H-pyrrole nitrogens is 1. The average Bonchev–Trinajstić information content (AvgIpc) is 2.71. The van der Waals surface area contributed by atoms with Crippen LogP contribution in [0.15, 0.2) is 16.9 Å². The summed E-state index contributed by atoms with van der Waals surface area (Å²) >= 11 is 1.67. The summed E-state index contributed by atoms with van der Waals surface area (Å²) in [6.45, 7) is 0.747. The number of terminal acetylenes is 1. The molecule has 0 saturated carbocycles. The summed E-state index contributed by atoms with van der Waals surface area (Å²) in [4.78, 5) is 11.3. The van der Waals surface area contributed by atoms with Crippen molar-refractivity contribution in [2.75, 3.05) is 23.4 Å². The molecule has 2 rings (SSSR count). The van der Waals surface area contributed by atoms with Crippen molar-refractivity contribution >= 4 is 23.2 Å². The van der Waals surface area contributed by atoms with Crippen molar-refractivity contribution in [1.29, 1.82) is 0 Å². The number of aromatic amines is 1. The molecule has 0 saturated heterocycles. The van der Waals surface area contributed by atoms with Gasteiger partial charge in [-0.25, -0.2) is 9.89 Å². The van der Waals surface area contributed by atoms with Gasteiger partial charge in [0.05, 0.1) is 5.75 Å². The van der Waals surface area contributed by atoms with Gasteiger partial charge in [0.1, 0.15) is 5.82 Å². The van der Waals surface area contributed by atoms with Crippen molar-refractivity contribution < 1.29 is 0 Å². The van der Waals surface area contributed by atoms with Crippen LogP contribution in [0.4, 0.5) is 5.82 Å². The minimum absolute atomic E-state index is 0.342. The van der Waals surface area contributed by atoms with Crippen LogP contribution in [0, 0.1) is 12.3 Å². The van der Waals surface area contributed by atoms with Gasteiger partial charge in [0.25, 0.3) is 0 Å². The number of rotatable bonds is 5. The second-order valence-electron chi connectivity index (χ2n) is 3.20. The van der Waals surface area contributed by atoms with Gasteiger partial charge in [-0.2, -0.15) is 9.61 Å². The highest BCUT2D eigenvalue weighted by molar-refractivity contribution is 7.99. The van der Waals surface area contributed by atoms with Crippen molar-refractivity contribution in [1.82, 2.24) is 19.8 Å². The van der Waals surface area contributed by atoms with Crippen LogP contribution < -0.4 is 11.0 Å². The predicted molar refractivity (Wildman–Crippen MR) is 68.3 cm³/mol. The van der Waals surface area contributed by atoms with Gasteiger partial charge >= 0.3 is 5.69 Å². The van der Waals surface area contributed by atoms with E-state index in [0.717, 1.165) is 12.3 Å². The molecule has 17 heavy (non-hydrogen) atoms. The predicted octanol–water partition coefficient (Wildman–Crippen LogP) is 0.196. The summed E-state index contributed by atoms with van der Waals surface area (Å²) in [5, 5.41) is 13.3. The van der Waals surface area contributed by atoms with E-state index in [1.165, 1.54) is 4.52 Å². The highest BCUT2D eigenvalue weighted by Gasteiger charge is 2.01. The van der Waals surface area contributed by atoms with Gasteiger partial charge < -0.3 is 5.32 Å². The number of nitrogens with zero attached hydrogens (tertiary/aromatic N) is 3. The molecule has 0 fully saturated rings. The molecule has 0 amide bonds. The Bertz CT molecular complexity index is 596. The second kappa shape index (κ2) is 5.41. The molecule has 2 N–H and O–H groups in total. The van der Waals surface area contributed by atoms with Crippen LogP contribution in [0.25, 0.3) is 5.65 Å². The fraction of sp³-hybridized carbons (Fsp3) is 0.300. The molecule has 0 spiro atoms. The van der Waals surface area contributed by atoms with E-state index in [4.69, 9.17) is 6.42 Å². The molecular weight excluding hydrogens is 238 g/mol. The average molecular weight is 249 g/mol. The van der Waals surface area contributed by atoms with Crippen LogP contribution in [0.1, 0.15) is 0 Å². The number of hydrogen-bond donors (Lipinski definition) is 2. The first-order valence-corrected chi connectivity index (χ1v) is 6.16. The quantitative estimate of drug-likeness (QED) is 0.584. The second-order valence-corrected chi connectivity index (χ2v) is 4.31. The van der Waals surface area contributed by atoms with Crippen molar-refractivity contribution in [3.05, 3.63) is 22.6 Å². The van der Waals surface area contributed by atoms with Gasteiger partial charge in [-0.1, -0.05) is 5.92 Å². The number of hydrogen-bond acceptors (Lipinski definition) is 5. The highest BCUT2D eigenvalue weighted by Crippen LogP contribution is 2.03. The molecule has 88 valence electrons. The standard InChI is InChI=1S/C10H11N5OS/c1-2-6-17-7-5-11-8-3-4-9-12-13-10(16)15(9)14-8/h1,3-4H,5-7H2,(H,11,14)(H,13,16). The Balaban J connectivity index is 1.97. The third-order valence-electron chi connectivity index (χ3n) is 2.01. The third-order valence-corrected chi connectivity index (χ3v) is 2.87. The van der Waals surface area contributed by atoms with Crippen LogP contribution in [0.5, 0.6) is 0 Å². The molecule has 2 heterocycles. The number of anilines is 1. The summed E-state index contributed by atoms with van der Waals surface area (Å²) in [5.74, 6) is 4.79. The maximum absolute atomic E-state index is 11.3. The van der Waals surface area contributed by atoms with E-state index in [0.29, 0.717) is 17.2 Å². The topological polar surface area (TPSA) is 75.1 Å². The zero-order valence-electron chi connectivity index (χ0n) is 9.01. The number of fused-ring (bicyclic) bond motifs is 1. The largest absolute Gasteiger partial charge is 0.368 e. The van der Waals surface area contributed by atoms with E-state index in [9.17, 15) is 4.79 Å².